The lowest BCUT2D eigenvalue weighted by atomic mass is 10.00. The summed E-state index contributed by atoms with van der Waals surface area (Å²) in [7, 11) is 1.81. The van der Waals surface area contributed by atoms with E-state index in [2.05, 4.69) is 0 Å². The summed E-state index contributed by atoms with van der Waals surface area (Å²) in [6.45, 7) is 2.59. The zero-order chi connectivity index (χ0) is 9.68. The van der Waals surface area contributed by atoms with Crippen molar-refractivity contribution in [3.8, 4) is 0 Å². The van der Waals surface area contributed by atoms with Gasteiger partial charge < -0.3 is 15.4 Å². The van der Waals surface area contributed by atoms with E-state index in [0.717, 1.165) is 32.6 Å². The minimum Gasteiger partial charge on any atom is -0.381 e. The van der Waals surface area contributed by atoms with Crippen LogP contribution in [0.4, 0.5) is 0 Å². The number of amides is 1. The number of carbonyl (C=O) groups is 1. The van der Waals surface area contributed by atoms with E-state index in [1.54, 1.807) is 4.90 Å². The maximum absolute atomic E-state index is 11.2. The third-order valence-corrected chi connectivity index (χ3v) is 2.47. The molecular formula is C9H18N2O2. The highest BCUT2D eigenvalue weighted by Gasteiger charge is 2.17. The Balaban J connectivity index is 2.25. The van der Waals surface area contributed by atoms with Crippen LogP contribution in [0.1, 0.15) is 12.8 Å². The first-order valence-electron chi connectivity index (χ1n) is 4.76. The molecule has 2 N–H and O–H groups in total. The summed E-state index contributed by atoms with van der Waals surface area (Å²) in [6.07, 6.45) is 2.12. The molecular weight excluding hydrogens is 168 g/mol. The van der Waals surface area contributed by atoms with Gasteiger partial charge in [0.05, 0.1) is 6.54 Å². The van der Waals surface area contributed by atoms with Gasteiger partial charge >= 0.3 is 0 Å². The summed E-state index contributed by atoms with van der Waals surface area (Å²) in [5.74, 6) is 0.612. The van der Waals surface area contributed by atoms with Crippen LogP contribution in [0, 0.1) is 5.92 Å². The number of carbonyl (C=O) groups excluding carboxylic acids is 1. The van der Waals surface area contributed by atoms with Gasteiger partial charge in [0.1, 0.15) is 0 Å². The zero-order valence-corrected chi connectivity index (χ0v) is 8.16. The van der Waals surface area contributed by atoms with Crippen molar-refractivity contribution in [1.82, 2.24) is 4.90 Å². The van der Waals surface area contributed by atoms with Crippen LogP contribution in [0.25, 0.3) is 0 Å². The van der Waals surface area contributed by atoms with Crippen LogP contribution in [-0.2, 0) is 9.53 Å². The van der Waals surface area contributed by atoms with Crippen molar-refractivity contribution in [1.29, 1.82) is 0 Å². The molecule has 1 aliphatic rings. The second kappa shape index (κ2) is 5.19. The average molecular weight is 186 g/mol. The molecule has 1 fully saturated rings. The fourth-order valence-electron chi connectivity index (χ4n) is 1.57. The van der Waals surface area contributed by atoms with Crippen LogP contribution in [0.2, 0.25) is 0 Å². The largest absolute Gasteiger partial charge is 0.381 e. The quantitative estimate of drug-likeness (QED) is 0.666. The Morgan fingerprint density at radius 3 is 2.69 bits per heavy atom. The molecule has 0 aromatic carbocycles. The van der Waals surface area contributed by atoms with Crippen LogP contribution in [0.15, 0.2) is 0 Å². The highest BCUT2D eigenvalue weighted by molar-refractivity contribution is 5.77. The summed E-state index contributed by atoms with van der Waals surface area (Å²) in [4.78, 5) is 12.9. The average Bonchev–Trinajstić information content (AvgIpc) is 2.18. The van der Waals surface area contributed by atoms with Crippen molar-refractivity contribution in [2.75, 3.05) is 33.4 Å². The standard InChI is InChI=1S/C9H18N2O2/c1-11(9(12)6-10)7-8-2-4-13-5-3-8/h8H,2-7,10H2,1H3. The van der Waals surface area contributed by atoms with Crippen LogP contribution < -0.4 is 5.73 Å². The molecule has 0 bridgehead atoms. The smallest absolute Gasteiger partial charge is 0.236 e. The first-order valence-corrected chi connectivity index (χ1v) is 4.76. The van der Waals surface area contributed by atoms with Crippen molar-refractivity contribution in [2.45, 2.75) is 12.8 Å². The van der Waals surface area contributed by atoms with E-state index in [-0.39, 0.29) is 12.5 Å². The predicted octanol–water partition coefficient (Wildman–Crippen LogP) is -0.170. The minimum absolute atomic E-state index is 0.0199. The minimum atomic E-state index is 0.0199. The van der Waals surface area contributed by atoms with Gasteiger partial charge in [0.2, 0.25) is 5.91 Å². The third kappa shape index (κ3) is 3.32. The Morgan fingerprint density at radius 2 is 2.15 bits per heavy atom. The summed E-state index contributed by atoms with van der Waals surface area (Å²) < 4.78 is 5.24. The molecule has 0 unspecified atom stereocenters. The molecule has 4 heteroatoms. The van der Waals surface area contributed by atoms with Gasteiger partial charge in [-0.05, 0) is 18.8 Å². The van der Waals surface area contributed by atoms with Gasteiger partial charge in [0.25, 0.3) is 0 Å². The van der Waals surface area contributed by atoms with Gasteiger partial charge in [-0.3, -0.25) is 4.79 Å². The number of ether oxygens (including phenoxy) is 1. The molecule has 1 rings (SSSR count). The second-order valence-electron chi connectivity index (χ2n) is 3.53. The molecule has 1 aliphatic heterocycles. The van der Waals surface area contributed by atoms with Gasteiger partial charge in [-0.15, -0.1) is 0 Å². The van der Waals surface area contributed by atoms with Gasteiger partial charge in [-0.1, -0.05) is 0 Å². The fraction of sp³-hybridized carbons (Fsp3) is 0.889. The van der Waals surface area contributed by atoms with Crippen molar-refractivity contribution in [3.05, 3.63) is 0 Å². The van der Waals surface area contributed by atoms with E-state index in [0.29, 0.717) is 5.92 Å². The number of likely N-dealkylation sites (N-methyl/N-ethyl adjacent to an activating group) is 1. The molecule has 13 heavy (non-hydrogen) atoms. The molecule has 0 aromatic rings. The van der Waals surface area contributed by atoms with Crippen molar-refractivity contribution >= 4 is 5.91 Å². The van der Waals surface area contributed by atoms with Crippen LogP contribution in [0.5, 0.6) is 0 Å². The second-order valence-corrected chi connectivity index (χ2v) is 3.53. The topological polar surface area (TPSA) is 55.6 Å². The fourth-order valence-corrected chi connectivity index (χ4v) is 1.57. The Morgan fingerprint density at radius 1 is 1.54 bits per heavy atom. The Kier molecular flexibility index (Phi) is 4.18. The Labute approximate surface area is 79.0 Å². The van der Waals surface area contributed by atoms with Gasteiger partial charge in [0, 0.05) is 26.8 Å². The van der Waals surface area contributed by atoms with E-state index in [4.69, 9.17) is 10.5 Å². The van der Waals surface area contributed by atoms with Gasteiger partial charge in [-0.25, -0.2) is 0 Å². The Bertz CT molecular complexity index is 167. The highest BCUT2D eigenvalue weighted by Crippen LogP contribution is 2.15. The first kappa shape index (κ1) is 10.5. The Hall–Kier alpha value is -0.610. The molecule has 0 radical (unpaired) electrons. The van der Waals surface area contributed by atoms with E-state index in [1.165, 1.54) is 0 Å². The maximum Gasteiger partial charge on any atom is 0.236 e. The monoisotopic (exact) mass is 186 g/mol. The molecule has 4 nitrogen and oxygen atoms in total. The van der Waals surface area contributed by atoms with Gasteiger partial charge in [-0.2, -0.15) is 0 Å². The predicted molar refractivity (Wildman–Crippen MR) is 50.2 cm³/mol. The van der Waals surface area contributed by atoms with E-state index in [1.807, 2.05) is 7.05 Å². The third-order valence-electron chi connectivity index (χ3n) is 2.47. The lowest BCUT2D eigenvalue weighted by Crippen LogP contribution is -2.37. The first-order chi connectivity index (χ1) is 6.24. The van der Waals surface area contributed by atoms with E-state index >= 15 is 0 Å². The zero-order valence-electron chi connectivity index (χ0n) is 8.16. The lowest BCUT2D eigenvalue weighted by Gasteiger charge is -2.26. The molecule has 1 heterocycles. The number of hydrogen-bond donors (Lipinski definition) is 1. The van der Waals surface area contributed by atoms with E-state index in [9.17, 15) is 4.79 Å². The molecule has 1 saturated heterocycles. The van der Waals surface area contributed by atoms with Crippen LogP contribution in [0.3, 0.4) is 0 Å². The molecule has 0 spiro atoms. The maximum atomic E-state index is 11.2. The molecule has 76 valence electrons. The molecule has 1 amide bonds. The molecule has 0 aromatic heterocycles. The number of hydrogen-bond acceptors (Lipinski definition) is 3. The SMILES string of the molecule is CN(CC1CCOCC1)C(=O)CN. The van der Waals surface area contributed by atoms with Crippen molar-refractivity contribution < 1.29 is 9.53 Å². The lowest BCUT2D eigenvalue weighted by molar-refractivity contribution is -0.129. The normalized spacial score (nSPS) is 18.6. The number of nitrogens with two attached hydrogens (primary N) is 1. The van der Waals surface area contributed by atoms with Crippen LogP contribution in [-0.4, -0.2) is 44.2 Å². The number of rotatable bonds is 3. The van der Waals surface area contributed by atoms with E-state index < -0.39 is 0 Å². The molecule has 0 atom stereocenters. The highest BCUT2D eigenvalue weighted by atomic mass is 16.5. The molecule has 0 saturated carbocycles. The summed E-state index contributed by atoms with van der Waals surface area (Å²) >= 11 is 0. The molecule has 0 aliphatic carbocycles. The van der Waals surface area contributed by atoms with Crippen LogP contribution >= 0.6 is 0 Å². The summed E-state index contributed by atoms with van der Waals surface area (Å²) in [5, 5.41) is 0. The summed E-state index contributed by atoms with van der Waals surface area (Å²) in [5.41, 5.74) is 5.26. The summed E-state index contributed by atoms with van der Waals surface area (Å²) in [6, 6.07) is 0. The number of nitrogens with zero attached hydrogens (tertiary/aromatic N) is 1. The van der Waals surface area contributed by atoms with Crippen molar-refractivity contribution in [3.63, 3.8) is 0 Å². The van der Waals surface area contributed by atoms with Crippen molar-refractivity contribution in [2.24, 2.45) is 11.7 Å². The van der Waals surface area contributed by atoms with Gasteiger partial charge in [0.15, 0.2) is 0 Å².